The van der Waals surface area contributed by atoms with Crippen LogP contribution in [0.1, 0.15) is 11.1 Å². The lowest BCUT2D eigenvalue weighted by molar-refractivity contribution is -0.114. The van der Waals surface area contributed by atoms with Crippen LogP contribution in [-0.2, 0) is 16.0 Å². The summed E-state index contributed by atoms with van der Waals surface area (Å²) in [6.07, 6.45) is 0.718. The molecule has 0 aromatic heterocycles. The van der Waals surface area contributed by atoms with E-state index in [1.165, 1.54) is 0 Å². The number of carbonyl (C=O) groups is 2. The maximum Gasteiger partial charge on any atom is 0.235 e. The van der Waals surface area contributed by atoms with Crippen LogP contribution in [0.5, 0.6) is 0 Å². The number of hydrogen-bond acceptors (Lipinski definition) is 2. The monoisotopic (exact) mass is 438 g/mol. The van der Waals surface area contributed by atoms with E-state index in [0.717, 1.165) is 28.9 Å². The van der Waals surface area contributed by atoms with Crippen LogP contribution < -0.4 is 10.6 Å². The molecule has 2 rings (SSSR count). The summed E-state index contributed by atoms with van der Waals surface area (Å²) in [6, 6.07) is 15.5. The summed E-state index contributed by atoms with van der Waals surface area (Å²) in [5.41, 5.74) is 3.72. The molecule has 2 aromatic rings. The Labute approximate surface area is 151 Å². The summed E-state index contributed by atoms with van der Waals surface area (Å²) in [6.45, 7) is 0. The van der Waals surface area contributed by atoms with Gasteiger partial charge in [0.1, 0.15) is 0 Å². The maximum absolute atomic E-state index is 11.4. The van der Waals surface area contributed by atoms with Crippen molar-refractivity contribution < 1.29 is 9.59 Å². The SMILES string of the molecule is O=C(CBr)Nc1cccc(Cc2cccc(NC(=O)CBr)c2)c1. The fourth-order valence-electron chi connectivity index (χ4n) is 2.14. The number of rotatable bonds is 6. The molecule has 0 aliphatic rings. The van der Waals surface area contributed by atoms with Crippen LogP contribution >= 0.6 is 31.9 Å². The van der Waals surface area contributed by atoms with E-state index in [9.17, 15) is 9.59 Å². The van der Waals surface area contributed by atoms with E-state index in [2.05, 4.69) is 42.5 Å². The predicted octanol–water partition coefficient (Wildman–Crippen LogP) is 3.94. The molecule has 4 nitrogen and oxygen atoms in total. The van der Waals surface area contributed by atoms with Crippen molar-refractivity contribution in [3.05, 3.63) is 59.7 Å². The Morgan fingerprint density at radius 3 is 1.61 bits per heavy atom. The molecule has 0 saturated carbocycles. The van der Waals surface area contributed by atoms with Crippen molar-refractivity contribution in [2.75, 3.05) is 21.3 Å². The van der Waals surface area contributed by atoms with Gasteiger partial charge in [0.2, 0.25) is 11.8 Å². The first-order chi connectivity index (χ1) is 11.1. The van der Waals surface area contributed by atoms with Crippen LogP contribution in [0.15, 0.2) is 48.5 Å². The van der Waals surface area contributed by atoms with E-state index >= 15 is 0 Å². The predicted molar refractivity (Wildman–Crippen MR) is 101 cm³/mol. The van der Waals surface area contributed by atoms with Crippen molar-refractivity contribution in [1.82, 2.24) is 0 Å². The Balaban J connectivity index is 2.10. The second-order valence-electron chi connectivity index (χ2n) is 4.94. The summed E-state index contributed by atoms with van der Waals surface area (Å²) in [7, 11) is 0. The topological polar surface area (TPSA) is 58.2 Å². The summed E-state index contributed by atoms with van der Waals surface area (Å²) in [4.78, 5) is 22.8. The first kappa shape index (κ1) is 17.7. The van der Waals surface area contributed by atoms with Gasteiger partial charge >= 0.3 is 0 Å². The molecule has 120 valence electrons. The lowest BCUT2D eigenvalue weighted by Gasteiger charge is -2.08. The molecule has 6 heteroatoms. The Hall–Kier alpha value is -1.66. The van der Waals surface area contributed by atoms with E-state index in [0.29, 0.717) is 0 Å². The summed E-state index contributed by atoms with van der Waals surface area (Å²) in [5, 5.41) is 6.17. The molecule has 0 unspecified atom stereocenters. The third-order valence-corrected chi connectivity index (χ3v) is 4.09. The minimum absolute atomic E-state index is 0.0818. The first-order valence-corrected chi connectivity index (χ1v) is 9.24. The van der Waals surface area contributed by atoms with Gasteiger partial charge < -0.3 is 10.6 Å². The largest absolute Gasteiger partial charge is 0.325 e. The molecule has 0 fully saturated rings. The minimum atomic E-state index is -0.0818. The zero-order valence-electron chi connectivity index (χ0n) is 12.3. The van der Waals surface area contributed by atoms with Gasteiger partial charge in [0.25, 0.3) is 0 Å². The number of hydrogen-bond donors (Lipinski definition) is 2. The van der Waals surface area contributed by atoms with Crippen LogP contribution in [0.25, 0.3) is 0 Å². The number of nitrogens with one attached hydrogen (secondary N) is 2. The highest BCUT2D eigenvalue weighted by Gasteiger charge is 2.04. The Morgan fingerprint density at radius 2 is 1.22 bits per heavy atom. The van der Waals surface area contributed by atoms with Crippen molar-refractivity contribution in [2.45, 2.75) is 6.42 Å². The standard InChI is InChI=1S/C17H16Br2N2O2/c18-10-16(22)20-14-5-1-3-12(8-14)7-13-4-2-6-15(9-13)21-17(23)11-19/h1-6,8-9H,7,10-11H2,(H,20,22)(H,21,23). The van der Waals surface area contributed by atoms with Gasteiger partial charge in [0, 0.05) is 11.4 Å². The number of benzene rings is 2. The molecule has 0 bridgehead atoms. The molecule has 2 aromatic carbocycles. The van der Waals surface area contributed by atoms with Crippen LogP contribution in [0.3, 0.4) is 0 Å². The lowest BCUT2D eigenvalue weighted by Crippen LogP contribution is -2.12. The molecular formula is C17H16Br2N2O2. The minimum Gasteiger partial charge on any atom is -0.325 e. The highest BCUT2D eigenvalue weighted by Crippen LogP contribution is 2.17. The molecule has 0 aliphatic heterocycles. The molecule has 0 radical (unpaired) electrons. The summed E-state index contributed by atoms with van der Waals surface area (Å²) in [5.74, 6) is -0.164. The number of carbonyl (C=O) groups excluding carboxylic acids is 2. The molecule has 2 N–H and O–H groups in total. The maximum atomic E-state index is 11.4. The number of halogens is 2. The third-order valence-electron chi connectivity index (χ3n) is 3.07. The average Bonchev–Trinajstić information content (AvgIpc) is 2.55. The van der Waals surface area contributed by atoms with Crippen molar-refractivity contribution in [3.8, 4) is 0 Å². The molecule has 0 aliphatic carbocycles. The molecule has 0 atom stereocenters. The van der Waals surface area contributed by atoms with E-state index in [4.69, 9.17) is 0 Å². The molecule has 0 saturated heterocycles. The normalized spacial score (nSPS) is 10.2. The van der Waals surface area contributed by atoms with Gasteiger partial charge in [-0.3, -0.25) is 9.59 Å². The van der Waals surface area contributed by atoms with Crippen LogP contribution in [0.2, 0.25) is 0 Å². The van der Waals surface area contributed by atoms with Crippen LogP contribution in [0.4, 0.5) is 11.4 Å². The molecule has 0 spiro atoms. The second kappa shape index (κ2) is 8.84. The van der Waals surface area contributed by atoms with E-state index in [1.807, 2.05) is 48.5 Å². The van der Waals surface area contributed by atoms with E-state index in [1.54, 1.807) is 0 Å². The van der Waals surface area contributed by atoms with Crippen molar-refractivity contribution in [1.29, 1.82) is 0 Å². The lowest BCUT2D eigenvalue weighted by atomic mass is 10.0. The number of amides is 2. The highest BCUT2D eigenvalue weighted by atomic mass is 79.9. The zero-order valence-corrected chi connectivity index (χ0v) is 15.5. The fourth-order valence-corrected chi connectivity index (χ4v) is 2.42. The smallest absolute Gasteiger partial charge is 0.235 e. The number of anilines is 2. The van der Waals surface area contributed by atoms with Crippen molar-refractivity contribution in [2.24, 2.45) is 0 Å². The number of alkyl halides is 2. The fraction of sp³-hybridized carbons (Fsp3) is 0.176. The van der Waals surface area contributed by atoms with Crippen molar-refractivity contribution in [3.63, 3.8) is 0 Å². The molecular weight excluding hydrogens is 424 g/mol. The van der Waals surface area contributed by atoms with E-state index in [-0.39, 0.29) is 22.5 Å². The second-order valence-corrected chi connectivity index (χ2v) is 6.06. The van der Waals surface area contributed by atoms with Gasteiger partial charge in [0.15, 0.2) is 0 Å². The third kappa shape index (κ3) is 5.80. The van der Waals surface area contributed by atoms with E-state index < -0.39 is 0 Å². The first-order valence-electron chi connectivity index (χ1n) is 7.00. The van der Waals surface area contributed by atoms with Gasteiger partial charge in [-0.15, -0.1) is 0 Å². The van der Waals surface area contributed by atoms with Gasteiger partial charge in [-0.05, 0) is 41.8 Å². The molecule has 2 amide bonds. The van der Waals surface area contributed by atoms with Gasteiger partial charge in [-0.2, -0.15) is 0 Å². The summed E-state index contributed by atoms with van der Waals surface area (Å²) < 4.78 is 0. The van der Waals surface area contributed by atoms with Crippen LogP contribution in [-0.4, -0.2) is 22.5 Å². The van der Waals surface area contributed by atoms with Gasteiger partial charge in [0.05, 0.1) is 10.7 Å². The van der Waals surface area contributed by atoms with Gasteiger partial charge in [-0.1, -0.05) is 56.1 Å². The highest BCUT2D eigenvalue weighted by molar-refractivity contribution is 9.09. The molecule has 23 heavy (non-hydrogen) atoms. The van der Waals surface area contributed by atoms with Crippen molar-refractivity contribution >= 4 is 55.0 Å². The summed E-state index contributed by atoms with van der Waals surface area (Å²) >= 11 is 6.26. The average molecular weight is 440 g/mol. The Bertz CT molecular complexity index is 645. The Morgan fingerprint density at radius 1 is 0.783 bits per heavy atom. The molecule has 0 heterocycles. The van der Waals surface area contributed by atoms with Crippen LogP contribution in [0, 0.1) is 0 Å². The quantitative estimate of drug-likeness (QED) is 0.669. The Kier molecular flexibility index (Phi) is 6.80. The zero-order chi connectivity index (χ0) is 16.7. The van der Waals surface area contributed by atoms with Gasteiger partial charge in [-0.25, -0.2) is 0 Å².